The van der Waals surface area contributed by atoms with E-state index in [9.17, 15) is 4.39 Å². The number of hydrogen-bond donors (Lipinski definition) is 1. The molecule has 0 aliphatic carbocycles. The van der Waals surface area contributed by atoms with Gasteiger partial charge < -0.3 is 10.6 Å². The van der Waals surface area contributed by atoms with Crippen LogP contribution in [0.4, 0.5) is 16.0 Å². The number of nitrogens with two attached hydrogens (primary N) is 1. The monoisotopic (exact) mass is 287 g/mol. The van der Waals surface area contributed by atoms with Gasteiger partial charge in [-0.1, -0.05) is 6.07 Å². The first kappa shape index (κ1) is 13.8. The van der Waals surface area contributed by atoms with E-state index >= 15 is 0 Å². The van der Waals surface area contributed by atoms with Crippen molar-refractivity contribution in [3.63, 3.8) is 0 Å². The zero-order valence-electron chi connectivity index (χ0n) is 11.7. The highest BCUT2D eigenvalue weighted by Crippen LogP contribution is 2.17. The Morgan fingerprint density at radius 2 is 1.81 bits per heavy atom. The molecule has 6 heteroatoms. The number of halogens is 1. The van der Waals surface area contributed by atoms with Crippen molar-refractivity contribution < 1.29 is 4.39 Å². The van der Waals surface area contributed by atoms with Crippen molar-refractivity contribution in [3.8, 4) is 0 Å². The van der Waals surface area contributed by atoms with Crippen molar-refractivity contribution in [1.29, 1.82) is 0 Å². The van der Waals surface area contributed by atoms with Gasteiger partial charge in [0.25, 0.3) is 0 Å². The van der Waals surface area contributed by atoms with Gasteiger partial charge in [0.05, 0.1) is 0 Å². The molecule has 2 aromatic rings. The van der Waals surface area contributed by atoms with Crippen LogP contribution >= 0.6 is 0 Å². The SMILES string of the molecule is Nc1cc(F)ccc1CN1CCN(c2ncccn2)CC1. The van der Waals surface area contributed by atoms with E-state index in [1.807, 2.05) is 6.07 Å². The Kier molecular flexibility index (Phi) is 3.96. The highest BCUT2D eigenvalue weighted by molar-refractivity contribution is 5.46. The predicted molar refractivity (Wildman–Crippen MR) is 80.3 cm³/mol. The summed E-state index contributed by atoms with van der Waals surface area (Å²) in [7, 11) is 0. The second kappa shape index (κ2) is 6.05. The lowest BCUT2D eigenvalue weighted by Gasteiger charge is -2.34. The predicted octanol–water partition coefficient (Wildman–Crippen LogP) is 1.52. The van der Waals surface area contributed by atoms with E-state index in [0.717, 1.165) is 44.2 Å². The van der Waals surface area contributed by atoms with Crippen molar-refractivity contribution in [3.05, 3.63) is 48.0 Å². The van der Waals surface area contributed by atoms with E-state index in [-0.39, 0.29) is 5.82 Å². The van der Waals surface area contributed by atoms with Crippen LogP contribution in [0.15, 0.2) is 36.7 Å². The van der Waals surface area contributed by atoms with Gasteiger partial charge in [0.15, 0.2) is 0 Å². The Morgan fingerprint density at radius 1 is 1.10 bits per heavy atom. The summed E-state index contributed by atoms with van der Waals surface area (Å²) in [5.41, 5.74) is 7.35. The summed E-state index contributed by atoms with van der Waals surface area (Å²) in [5.74, 6) is 0.487. The van der Waals surface area contributed by atoms with Gasteiger partial charge in [0.2, 0.25) is 5.95 Å². The van der Waals surface area contributed by atoms with Gasteiger partial charge in [-0.25, -0.2) is 14.4 Å². The lowest BCUT2D eigenvalue weighted by atomic mass is 10.1. The number of nitrogen functional groups attached to an aromatic ring is 1. The van der Waals surface area contributed by atoms with E-state index in [1.54, 1.807) is 18.5 Å². The molecule has 1 saturated heterocycles. The minimum absolute atomic E-state index is 0.290. The summed E-state index contributed by atoms with van der Waals surface area (Å²) < 4.78 is 13.1. The van der Waals surface area contributed by atoms with E-state index in [4.69, 9.17) is 5.73 Å². The largest absolute Gasteiger partial charge is 0.398 e. The van der Waals surface area contributed by atoms with Gasteiger partial charge in [-0.3, -0.25) is 4.90 Å². The molecule has 110 valence electrons. The number of nitrogens with zero attached hydrogens (tertiary/aromatic N) is 4. The van der Waals surface area contributed by atoms with Crippen LogP contribution in [0, 0.1) is 5.82 Å². The normalized spacial score (nSPS) is 16.1. The molecule has 1 aromatic carbocycles. The average Bonchev–Trinajstić information content (AvgIpc) is 2.52. The number of aromatic nitrogens is 2. The quantitative estimate of drug-likeness (QED) is 0.867. The number of rotatable bonds is 3. The fourth-order valence-electron chi connectivity index (χ4n) is 2.51. The summed E-state index contributed by atoms with van der Waals surface area (Å²) in [6.45, 7) is 4.33. The molecule has 5 nitrogen and oxygen atoms in total. The first-order chi connectivity index (χ1) is 10.2. The molecule has 0 bridgehead atoms. The summed E-state index contributed by atoms with van der Waals surface area (Å²) in [6.07, 6.45) is 3.52. The Labute approximate surface area is 123 Å². The van der Waals surface area contributed by atoms with Gasteiger partial charge in [0, 0.05) is 50.8 Å². The zero-order valence-corrected chi connectivity index (χ0v) is 11.7. The minimum atomic E-state index is -0.290. The molecule has 2 heterocycles. The topological polar surface area (TPSA) is 58.3 Å². The minimum Gasteiger partial charge on any atom is -0.398 e. The van der Waals surface area contributed by atoms with Crippen LogP contribution in [0.5, 0.6) is 0 Å². The first-order valence-electron chi connectivity index (χ1n) is 7.00. The van der Waals surface area contributed by atoms with Crippen molar-refractivity contribution in [2.24, 2.45) is 0 Å². The molecule has 0 saturated carbocycles. The average molecular weight is 287 g/mol. The van der Waals surface area contributed by atoms with Crippen LogP contribution in [0.2, 0.25) is 0 Å². The van der Waals surface area contributed by atoms with Crippen LogP contribution < -0.4 is 10.6 Å². The molecule has 1 aliphatic heterocycles. The van der Waals surface area contributed by atoms with Crippen LogP contribution in [-0.4, -0.2) is 41.0 Å². The molecule has 0 spiro atoms. The molecule has 1 aromatic heterocycles. The summed E-state index contributed by atoms with van der Waals surface area (Å²) in [6, 6.07) is 6.41. The third-order valence-electron chi connectivity index (χ3n) is 3.71. The summed E-state index contributed by atoms with van der Waals surface area (Å²) in [4.78, 5) is 13.0. The number of anilines is 2. The Hall–Kier alpha value is -2.21. The van der Waals surface area contributed by atoms with Crippen LogP contribution in [0.3, 0.4) is 0 Å². The smallest absolute Gasteiger partial charge is 0.225 e. The van der Waals surface area contributed by atoms with Gasteiger partial charge in [-0.15, -0.1) is 0 Å². The molecule has 0 radical (unpaired) electrons. The van der Waals surface area contributed by atoms with Gasteiger partial charge >= 0.3 is 0 Å². The fraction of sp³-hybridized carbons (Fsp3) is 0.333. The number of piperazine rings is 1. The van der Waals surface area contributed by atoms with Gasteiger partial charge in [0.1, 0.15) is 5.82 Å². The highest BCUT2D eigenvalue weighted by atomic mass is 19.1. The van der Waals surface area contributed by atoms with E-state index in [0.29, 0.717) is 5.69 Å². The van der Waals surface area contributed by atoms with E-state index < -0.39 is 0 Å². The van der Waals surface area contributed by atoms with Gasteiger partial charge in [-0.05, 0) is 23.8 Å². The molecule has 0 atom stereocenters. The second-order valence-electron chi connectivity index (χ2n) is 5.16. The molecule has 1 aliphatic rings. The molecule has 1 fully saturated rings. The Morgan fingerprint density at radius 3 is 2.48 bits per heavy atom. The maximum Gasteiger partial charge on any atom is 0.225 e. The molecule has 3 rings (SSSR count). The Balaban J connectivity index is 1.59. The molecule has 21 heavy (non-hydrogen) atoms. The van der Waals surface area contributed by atoms with Crippen LogP contribution in [-0.2, 0) is 6.54 Å². The molecular formula is C15H18FN5. The number of benzene rings is 1. The third kappa shape index (κ3) is 3.28. The lowest BCUT2D eigenvalue weighted by Crippen LogP contribution is -2.46. The lowest BCUT2D eigenvalue weighted by molar-refractivity contribution is 0.249. The van der Waals surface area contributed by atoms with Crippen molar-refractivity contribution in [2.75, 3.05) is 36.8 Å². The molecule has 0 unspecified atom stereocenters. The Bertz CT molecular complexity index is 596. The standard InChI is InChI=1S/C15H18FN5/c16-13-3-2-12(14(17)10-13)11-20-6-8-21(9-7-20)15-18-4-1-5-19-15/h1-5,10H,6-9,11,17H2. The van der Waals surface area contributed by atoms with Crippen LogP contribution in [0.25, 0.3) is 0 Å². The molecule has 0 amide bonds. The van der Waals surface area contributed by atoms with Crippen molar-refractivity contribution >= 4 is 11.6 Å². The van der Waals surface area contributed by atoms with E-state index in [1.165, 1.54) is 12.1 Å². The maximum absolute atomic E-state index is 13.1. The number of hydrogen-bond acceptors (Lipinski definition) is 5. The fourth-order valence-corrected chi connectivity index (χ4v) is 2.51. The highest BCUT2D eigenvalue weighted by Gasteiger charge is 2.19. The molecule has 2 N–H and O–H groups in total. The van der Waals surface area contributed by atoms with Crippen molar-refractivity contribution in [2.45, 2.75) is 6.54 Å². The van der Waals surface area contributed by atoms with Crippen molar-refractivity contribution in [1.82, 2.24) is 14.9 Å². The summed E-state index contributed by atoms with van der Waals surface area (Å²) in [5, 5.41) is 0. The second-order valence-corrected chi connectivity index (χ2v) is 5.16. The van der Waals surface area contributed by atoms with Gasteiger partial charge in [-0.2, -0.15) is 0 Å². The third-order valence-corrected chi connectivity index (χ3v) is 3.71. The molecular weight excluding hydrogens is 269 g/mol. The summed E-state index contributed by atoms with van der Waals surface area (Å²) >= 11 is 0. The van der Waals surface area contributed by atoms with E-state index in [2.05, 4.69) is 19.8 Å². The van der Waals surface area contributed by atoms with Crippen LogP contribution in [0.1, 0.15) is 5.56 Å². The zero-order chi connectivity index (χ0) is 14.7. The first-order valence-corrected chi connectivity index (χ1v) is 7.00. The maximum atomic E-state index is 13.1.